The second-order valence-corrected chi connectivity index (χ2v) is 5.36. The van der Waals surface area contributed by atoms with Gasteiger partial charge >= 0.3 is 0 Å². The second-order valence-electron chi connectivity index (χ2n) is 5.36. The fourth-order valence-electron chi connectivity index (χ4n) is 2.44. The molecule has 2 rings (SSSR count). The van der Waals surface area contributed by atoms with E-state index in [9.17, 15) is 4.79 Å². The molecule has 0 saturated heterocycles. The number of halogens is 1. The van der Waals surface area contributed by atoms with Crippen LogP contribution < -0.4 is 20.5 Å². The van der Waals surface area contributed by atoms with Crippen LogP contribution in [0.5, 0.6) is 11.5 Å². The third kappa shape index (κ3) is 5.87. The molecule has 0 radical (unpaired) electrons. The highest BCUT2D eigenvalue weighted by atomic mass is 35.5. The van der Waals surface area contributed by atoms with Crippen LogP contribution in [0.25, 0.3) is 0 Å². The summed E-state index contributed by atoms with van der Waals surface area (Å²) >= 11 is 0. The molecule has 3 N–H and O–H groups in total. The van der Waals surface area contributed by atoms with Crippen molar-refractivity contribution in [3.05, 3.63) is 53.6 Å². The summed E-state index contributed by atoms with van der Waals surface area (Å²) in [6.07, 6.45) is 1.67. The summed E-state index contributed by atoms with van der Waals surface area (Å²) in [4.78, 5) is 12.1. The van der Waals surface area contributed by atoms with Crippen molar-refractivity contribution < 1.29 is 14.3 Å². The Bertz CT molecular complexity index is 692. The molecule has 5 nitrogen and oxygen atoms in total. The number of nitrogen functional groups attached to an aromatic ring is 1. The molecule has 0 atom stereocenters. The molecule has 0 unspecified atom stereocenters. The van der Waals surface area contributed by atoms with E-state index in [4.69, 9.17) is 15.2 Å². The minimum absolute atomic E-state index is 0. The molecule has 0 aliphatic carbocycles. The Labute approximate surface area is 154 Å². The number of anilines is 1. The predicted octanol–water partition coefficient (Wildman–Crippen LogP) is 3.46. The van der Waals surface area contributed by atoms with E-state index in [0.717, 1.165) is 29.9 Å². The lowest BCUT2D eigenvalue weighted by atomic mass is 10.1. The second kappa shape index (κ2) is 10.5. The molecule has 2 aromatic carbocycles. The third-order valence-electron chi connectivity index (χ3n) is 3.66. The minimum atomic E-state index is -0.141. The standard InChI is InChI=1S/C19H24N2O3.ClH/c1-3-24-18-13-14(10-11-17(18)23-2)7-6-12-21-19(22)15-8-4-5-9-16(15)20;/h4-5,8-11,13H,3,6-7,12,20H2,1-2H3,(H,21,22);1H. The molecule has 0 bridgehead atoms. The van der Waals surface area contributed by atoms with Gasteiger partial charge in [0.2, 0.25) is 0 Å². The van der Waals surface area contributed by atoms with E-state index < -0.39 is 0 Å². The van der Waals surface area contributed by atoms with Crippen LogP contribution in [0.3, 0.4) is 0 Å². The van der Waals surface area contributed by atoms with Crippen molar-refractivity contribution in [1.82, 2.24) is 5.32 Å². The maximum absolute atomic E-state index is 12.1. The molecule has 0 aromatic heterocycles. The van der Waals surface area contributed by atoms with Crippen LogP contribution in [0.2, 0.25) is 0 Å². The van der Waals surface area contributed by atoms with E-state index >= 15 is 0 Å². The first kappa shape index (κ1) is 20.6. The van der Waals surface area contributed by atoms with Crippen LogP contribution >= 0.6 is 12.4 Å². The molecule has 2 aromatic rings. The molecule has 0 fully saturated rings. The van der Waals surface area contributed by atoms with Gasteiger partial charge in [0.05, 0.1) is 19.3 Å². The average molecular weight is 365 g/mol. The number of nitrogens with one attached hydrogen (secondary N) is 1. The van der Waals surface area contributed by atoms with Crippen LogP contribution in [0.15, 0.2) is 42.5 Å². The molecule has 1 amide bonds. The first-order valence-corrected chi connectivity index (χ1v) is 8.08. The van der Waals surface area contributed by atoms with E-state index in [-0.39, 0.29) is 18.3 Å². The van der Waals surface area contributed by atoms with Gasteiger partial charge in [-0.25, -0.2) is 0 Å². The van der Waals surface area contributed by atoms with Crippen molar-refractivity contribution in [3.8, 4) is 11.5 Å². The monoisotopic (exact) mass is 364 g/mol. The van der Waals surface area contributed by atoms with E-state index in [1.54, 1.807) is 25.3 Å². The summed E-state index contributed by atoms with van der Waals surface area (Å²) in [5.74, 6) is 1.34. The zero-order valence-electron chi connectivity index (χ0n) is 14.6. The van der Waals surface area contributed by atoms with Gasteiger partial charge in [0, 0.05) is 12.2 Å². The normalized spacial score (nSPS) is 9.84. The summed E-state index contributed by atoms with van der Waals surface area (Å²) in [5, 5.41) is 2.90. The number of hydrogen-bond acceptors (Lipinski definition) is 4. The Balaban J connectivity index is 0.00000312. The number of nitrogens with two attached hydrogens (primary N) is 1. The molecule has 6 heteroatoms. The highest BCUT2D eigenvalue weighted by molar-refractivity contribution is 5.99. The van der Waals surface area contributed by atoms with Crippen molar-refractivity contribution >= 4 is 24.0 Å². The molecule has 0 heterocycles. The van der Waals surface area contributed by atoms with Crippen LogP contribution in [-0.4, -0.2) is 26.2 Å². The van der Waals surface area contributed by atoms with Gasteiger partial charge in [0.15, 0.2) is 11.5 Å². The lowest BCUT2D eigenvalue weighted by Crippen LogP contribution is -2.25. The number of methoxy groups -OCH3 is 1. The van der Waals surface area contributed by atoms with Crippen molar-refractivity contribution in [2.24, 2.45) is 0 Å². The SMILES string of the molecule is CCOc1cc(CCCNC(=O)c2ccccc2N)ccc1OC.Cl. The van der Waals surface area contributed by atoms with Crippen molar-refractivity contribution in [2.75, 3.05) is 26.0 Å². The molecule has 0 saturated carbocycles. The van der Waals surface area contributed by atoms with Crippen LogP contribution in [0.1, 0.15) is 29.3 Å². The Morgan fingerprint density at radius 2 is 1.92 bits per heavy atom. The van der Waals surface area contributed by atoms with Crippen molar-refractivity contribution in [3.63, 3.8) is 0 Å². The maximum Gasteiger partial charge on any atom is 0.253 e. The number of carbonyl (C=O) groups is 1. The van der Waals surface area contributed by atoms with Gasteiger partial charge in [-0.05, 0) is 49.6 Å². The molecular weight excluding hydrogens is 340 g/mol. The van der Waals surface area contributed by atoms with Gasteiger partial charge in [-0.1, -0.05) is 18.2 Å². The molecule has 0 aliphatic rings. The van der Waals surface area contributed by atoms with Gasteiger partial charge in [-0.2, -0.15) is 0 Å². The minimum Gasteiger partial charge on any atom is -0.493 e. The highest BCUT2D eigenvalue weighted by Crippen LogP contribution is 2.28. The summed E-state index contributed by atoms with van der Waals surface area (Å²) in [7, 11) is 1.63. The van der Waals surface area contributed by atoms with Crippen LogP contribution in [0.4, 0.5) is 5.69 Å². The number of benzene rings is 2. The molecule has 136 valence electrons. The Morgan fingerprint density at radius 3 is 2.60 bits per heavy atom. The molecule has 0 aliphatic heterocycles. The Kier molecular flexibility index (Phi) is 8.64. The van der Waals surface area contributed by atoms with E-state index in [2.05, 4.69) is 5.32 Å². The summed E-state index contributed by atoms with van der Waals surface area (Å²) in [6.45, 7) is 3.12. The third-order valence-corrected chi connectivity index (χ3v) is 3.66. The van der Waals surface area contributed by atoms with Gasteiger partial charge in [-0.3, -0.25) is 4.79 Å². The lowest BCUT2D eigenvalue weighted by molar-refractivity contribution is 0.0954. The van der Waals surface area contributed by atoms with Crippen LogP contribution in [0, 0.1) is 0 Å². The first-order valence-electron chi connectivity index (χ1n) is 8.08. The fourth-order valence-corrected chi connectivity index (χ4v) is 2.44. The zero-order chi connectivity index (χ0) is 17.4. The van der Waals surface area contributed by atoms with E-state index in [0.29, 0.717) is 24.4 Å². The number of carbonyl (C=O) groups excluding carboxylic acids is 1. The van der Waals surface area contributed by atoms with Gasteiger partial charge in [-0.15, -0.1) is 12.4 Å². The van der Waals surface area contributed by atoms with Gasteiger partial charge in [0.1, 0.15) is 0 Å². The smallest absolute Gasteiger partial charge is 0.253 e. The number of para-hydroxylation sites is 1. The summed E-state index contributed by atoms with van der Waals surface area (Å²) in [5.41, 5.74) is 7.96. The van der Waals surface area contributed by atoms with Crippen LogP contribution in [-0.2, 0) is 6.42 Å². The van der Waals surface area contributed by atoms with E-state index in [1.165, 1.54) is 0 Å². The van der Waals surface area contributed by atoms with E-state index in [1.807, 2.05) is 31.2 Å². The molecular formula is C19H25ClN2O3. The van der Waals surface area contributed by atoms with Gasteiger partial charge < -0.3 is 20.5 Å². The zero-order valence-corrected chi connectivity index (χ0v) is 15.4. The maximum atomic E-state index is 12.1. The molecule has 0 spiro atoms. The average Bonchev–Trinajstić information content (AvgIpc) is 2.59. The highest BCUT2D eigenvalue weighted by Gasteiger charge is 2.08. The first-order chi connectivity index (χ1) is 11.7. The molecule has 25 heavy (non-hydrogen) atoms. The quantitative estimate of drug-likeness (QED) is 0.555. The van der Waals surface area contributed by atoms with Crippen molar-refractivity contribution in [2.45, 2.75) is 19.8 Å². The summed E-state index contributed by atoms with van der Waals surface area (Å²) in [6, 6.07) is 13.0. The summed E-state index contributed by atoms with van der Waals surface area (Å²) < 4.78 is 10.9. The lowest BCUT2D eigenvalue weighted by Gasteiger charge is -2.11. The topological polar surface area (TPSA) is 73.6 Å². The predicted molar refractivity (Wildman–Crippen MR) is 103 cm³/mol. The number of amides is 1. The van der Waals surface area contributed by atoms with Crippen molar-refractivity contribution in [1.29, 1.82) is 0 Å². The number of aryl methyl sites for hydroxylation is 1. The Morgan fingerprint density at radius 1 is 1.16 bits per heavy atom. The van der Waals surface area contributed by atoms with Gasteiger partial charge in [0.25, 0.3) is 5.91 Å². The largest absolute Gasteiger partial charge is 0.493 e. The number of ether oxygens (including phenoxy) is 2. The number of hydrogen-bond donors (Lipinski definition) is 2. The number of rotatable bonds is 8. The Hall–Kier alpha value is -2.40. The fraction of sp³-hybridized carbons (Fsp3) is 0.316.